The highest BCUT2D eigenvalue weighted by atomic mass is 16.5. The SMILES string of the molecule is CC(C#N)N1c2ccccc2Oc2ccccc21. The number of nitrogens with zero attached hydrogens (tertiary/aromatic N) is 2. The van der Waals surface area contributed by atoms with Crippen LogP contribution in [0, 0.1) is 11.3 Å². The first-order valence-corrected chi connectivity index (χ1v) is 5.86. The molecule has 1 aliphatic rings. The molecule has 0 radical (unpaired) electrons. The summed E-state index contributed by atoms with van der Waals surface area (Å²) in [6.07, 6.45) is 0. The summed E-state index contributed by atoms with van der Waals surface area (Å²) in [5.41, 5.74) is 1.87. The number of ether oxygens (including phenoxy) is 1. The minimum absolute atomic E-state index is 0.240. The highest BCUT2D eigenvalue weighted by Crippen LogP contribution is 2.47. The smallest absolute Gasteiger partial charge is 0.151 e. The topological polar surface area (TPSA) is 36.3 Å². The molecule has 3 nitrogen and oxygen atoms in total. The van der Waals surface area contributed by atoms with Crippen LogP contribution in [0.2, 0.25) is 0 Å². The second-order valence-electron chi connectivity index (χ2n) is 4.21. The zero-order valence-corrected chi connectivity index (χ0v) is 10.00. The predicted octanol–water partition coefficient (Wildman–Crippen LogP) is 3.84. The molecule has 0 N–H and O–H groups in total. The lowest BCUT2D eigenvalue weighted by Gasteiger charge is -2.34. The molecule has 1 heterocycles. The zero-order chi connectivity index (χ0) is 12.5. The van der Waals surface area contributed by atoms with E-state index in [-0.39, 0.29) is 6.04 Å². The van der Waals surface area contributed by atoms with Crippen LogP contribution < -0.4 is 9.64 Å². The van der Waals surface area contributed by atoms with Crippen LogP contribution in [0.25, 0.3) is 0 Å². The number of nitriles is 1. The van der Waals surface area contributed by atoms with Crippen LogP contribution in [-0.2, 0) is 0 Å². The molecule has 88 valence electrons. The van der Waals surface area contributed by atoms with E-state index in [0.29, 0.717) is 0 Å². The number of benzene rings is 2. The second-order valence-corrected chi connectivity index (χ2v) is 4.21. The number of anilines is 2. The minimum atomic E-state index is -0.240. The third kappa shape index (κ3) is 1.51. The van der Waals surface area contributed by atoms with Crippen LogP contribution in [0.3, 0.4) is 0 Å². The summed E-state index contributed by atoms with van der Waals surface area (Å²) in [7, 11) is 0. The molecule has 2 aromatic rings. The Hall–Kier alpha value is -2.47. The summed E-state index contributed by atoms with van der Waals surface area (Å²) in [6.45, 7) is 1.89. The molecule has 0 saturated carbocycles. The van der Waals surface area contributed by atoms with E-state index in [9.17, 15) is 5.26 Å². The molecular formula is C15H12N2O. The predicted molar refractivity (Wildman–Crippen MR) is 70.2 cm³/mol. The summed E-state index contributed by atoms with van der Waals surface area (Å²) in [5, 5.41) is 9.21. The molecule has 1 unspecified atom stereocenters. The van der Waals surface area contributed by atoms with Gasteiger partial charge in [0.1, 0.15) is 6.04 Å². The lowest BCUT2D eigenvalue weighted by atomic mass is 10.1. The Morgan fingerprint density at radius 1 is 1.00 bits per heavy atom. The molecule has 0 aliphatic carbocycles. The van der Waals surface area contributed by atoms with Gasteiger partial charge in [-0.2, -0.15) is 5.26 Å². The highest BCUT2D eigenvalue weighted by Gasteiger charge is 2.27. The van der Waals surface area contributed by atoms with Crippen LogP contribution in [0.5, 0.6) is 11.5 Å². The average molecular weight is 236 g/mol. The third-order valence-electron chi connectivity index (χ3n) is 3.04. The Bertz CT molecular complexity index is 585. The molecule has 1 aliphatic heterocycles. The van der Waals surface area contributed by atoms with E-state index in [1.54, 1.807) is 0 Å². The first kappa shape index (κ1) is 10.7. The van der Waals surface area contributed by atoms with Crippen molar-refractivity contribution in [1.29, 1.82) is 5.26 Å². The van der Waals surface area contributed by atoms with Gasteiger partial charge in [0.05, 0.1) is 17.4 Å². The Morgan fingerprint density at radius 2 is 1.50 bits per heavy atom. The van der Waals surface area contributed by atoms with Gasteiger partial charge < -0.3 is 9.64 Å². The summed E-state index contributed by atoms with van der Waals surface area (Å²) in [6, 6.07) is 17.6. The molecule has 0 saturated heterocycles. The van der Waals surface area contributed by atoms with E-state index in [1.165, 1.54) is 0 Å². The lowest BCUT2D eigenvalue weighted by molar-refractivity contribution is 0.471. The van der Waals surface area contributed by atoms with Gasteiger partial charge in [0.25, 0.3) is 0 Å². The van der Waals surface area contributed by atoms with Crippen LogP contribution in [-0.4, -0.2) is 6.04 Å². The first-order chi connectivity index (χ1) is 8.81. The van der Waals surface area contributed by atoms with E-state index in [0.717, 1.165) is 22.9 Å². The molecule has 0 aromatic heterocycles. The molecule has 0 bridgehead atoms. The molecule has 1 atom stereocenters. The van der Waals surface area contributed by atoms with Crippen molar-refractivity contribution in [3.63, 3.8) is 0 Å². The average Bonchev–Trinajstić information content (AvgIpc) is 2.44. The molecule has 0 fully saturated rings. The van der Waals surface area contributed by atoms with Crippen LogP contribution >= 0.6 is 0 Å². The third-order valence-corrected chi connectivity index (χ3v) is 3.04. The van der Waals surface area contributed by atoms with Crippen molar-refractivity contribution in [2.45, 2.75) is 13.0 Å². The summed E-state index contributed by atoms with van der Waals surface area (Å²) < 4.78 is 5.85. The van der Waals surface area contributed by atoms with Gasteiger partial charge in [0.2, 0.25) is 0 Å². The van der Waals surface area contributed by atoms with Gasteiger partial charge in [-0.3, -0.25) is 0 Å². The van der Waals surface area contributed by atoms with Crippen molar-refractivity contribution in [3.05, 3.63) is 48.5 Å². The minimum Gasteiger partial charge on any atom is -0.453 e. The number of rotatable bonds is 1. The number of hydrogen-bond donors (Lipinski definition) is 0. The Morgan fingerprint density at radius 3 is 2.00 bits per heavy atom. The largest absolute Gasteiger partial charge is 0.453 e. The fourth-order valence-electron chi connectivity index (χ4n) is 2.21. The van der Waals surface area contributed by atoms with Crippen molar-refractivity contribution in [2.75, 3.05) is 4.90 Å². The van der Waals surface area contributed by atoms with Gasteiger partial charge in [-0.25, -0.2) is 0 Å². The monoisotopic (exact) mass is 236 g/mol. The fraction of sp³-hybridized carbons (Fsp3) is 0.133. The number of hydrogen-bond acceptors (Lipinski definition) is 3. The molecular weight excluding hydrogens is 224 g/mol. The van der Waals surface area contributed by atoms with E-state index in [2.05, 4.69) is 6.07 Å². The zero-order valence-electron chi connectivity index (χ0n) is 10.00. The van der Waals surface area contributed by atoms with Crippen LogP contribution in [0.15, 0.2) is 48.5 Å². The lowest BCUT2D eigenvalue weighted by Crippen LogP contribution is -2.29. The van der Waals surface area contributed by atoms with E-state index < -0.39 is 0 Å². The maximum Gasteiger partial charge on any atom is 0.151 e. The number of fused-ring (bicyclic) bond motifs is 2. The molecule has 3 rings (SSSR count). The van der Waals surface area contributed by atoms with Crippen molar-refractivity contribution in [1.82, 2.24) is 0 Å². The van der Waals surface area contributed by atoms with Gasteiger partial charge in [-0.15, -0.1) is 0 Å². The summed E-state index contributed by atoms with van der Waals surface area (Å²) in [5.74, 6) is 1.58. The van der Waals surface area contributed by atoms with Crippen molar-refractivity contribution >= 4 is 11.4 Å². The Labute approximate surface area is 106 Å². The van der Waals surface area contributed by atoms with Crippen molar-refractivity contribution in [2.24, 2.45) is 0 Å². The summed E-state index contributed by atoms with van der Waals surface area (Å²) in [4.78, 5) is 2.01. The molecule has 3 heteroatoms. The quantitative estimate of drug-likeness (QED) is 0.754. The van der Waals surface area contributed by atoms with E-state index >= 15 is 0 Å². The summed E-state index contributed by atoms with van der Waals surface area (Å²) >= 11 is 0. The Kier molecular flexibility index (Phi) is 2.42. The van der Waals surface area contributed by atoms with Crippen molar-refractivity contribution < 1.29 is 4.74 Å². The van der Waals surface area contributed by atoms with Gasteiger partial charge >= 0.3 is 0 Å². The second kappa shape index (κ2) is 4.08. The standard InChI is InChI=1S/C15H12N2O/c1-11(10-16)17-12-6-2-4-8-14(12)18-15-9-5-3-7-13(15)17/h2-9,11H,1H3. The van der Waals surface area contributed by atoms with Crippen LogP contribution in [0.1, 0.15) is 6.92 Å². The maximum atomic E-state index is 9.21. The highest BCUT2D eigenvalue weighted by molar-refractivity contribution is 5.78. The molecule has 0 spiro atoms. The van der Waals surface area contributed by atoms with E-state index in [4.69, 9.17) is 4.74 Å². The van der Waals surface area contributed by atoms with Gasteiger partial charge in [-0.1, -0.05) is 24.3 Å². The van der Waals surface area contributed by atoms with Gasteiger partial charge in [-0.05, 0) is 31.2 Å². The number of para-hydroxylation sites is 4. The Balaban J connectivity index is 2.21. The normalized spacial score (nSPS) is 13.9. The van der Waals surface area contributed by atoms with Gasteiger partial charge in [0.15, 0.2) is 11.5 Å². The molecule has 18 heavy (non-hydrogen) atoms. The van der Waals surface area contributed by atoms with Gasteiger partial charge in [0, 0.05) is 0 Å². The molecule has 0 amide bonds. The van der Waals surface area contributed by atoms with E-state index in [1.807, 2.05) is 60.4 Å². The van der Waals surface area contributed by atoms with Crippen LogP contribution in [0.4, 0.5) is 11.4 Å². The maximum absolute atomic E-state index is 9.21. The van der Waals surface area contributed by atoms with Crippen molar-refractivity contribution in [3.8, 4) is 17.6 Å². The first-order valence-electron chi connectivity index (χ1n) is 5.86. The fourth-order valence-corrected chi connectivity index (χ4v) is 2.21. The molecule has 2 aromatic carbocycles.